The summed E-state index contributed by atoms with van der Waals surface area (Å²) in [4.78, 5) is 42.6. The molecular formula is C24H34ClN3O3. The number of piperidine rings is 2. The van der Waals surface area contributed by atoms with Crippen molar-refractivity contribution in [2.75, 3.05) is 26.2 Å². The van der Waals surface area contributed by atoms with Crippen LogP contribution in [0, 0.1) is 11.8 Å². The average molecular weight is 448 g/mol. The molecule has 0 spiro atoms. The number of halogens is 1. The Labute approximate surface area is 190 Å². The van der Waals surface area contributed by atoms with E-state index >= 15 is 0 Å². The molecule has 3 amide bonds. The number of benzene rings is 1. The smallest absolute Gasteiger partial charge is 0.251 e. The van der Waals surface area contributed by atoms with Crippen molar-refractivity contribution in [1.82, 2.24) is 15.1 Å². The van der Waals surface area contributed by atoms with Gasteiger partial charge < -0.3 is 15.1 Å². The van der Waals surface area contributed by atoms with Gasteiger partial charge in [-0.2, -0.15) is 0 Å². The first kappa shape index (κ1) is 23.6. The number of likely N-dealkylation sites (tertiary alicyclic amines) is 2. The van der Waals surface area contributed by atoms with Crippen molar-refractivity contribution in [3.63, 3.8) is 0 Å². The monoisotopic (exact) mass is 447 g/mol. The third kappa shape index (κ3) is 6.00. The third-order valence-corrected chi connectivity index (χ3v) is 6.95. The maximum atomic E-state index is 13.3. The van der Waals surface area contributed by atoms with E-state index < -0.39 is 6.04 Å². The van der Waals surface area contributed by atoms with Crippen molar-refractivity contribution in [2.45, 2.75) is 58.4 Å². The summed E-state index contributed by atoms with van der Waals surface area (Å²) < 4.78 is 0. The van der Waals surface area contributed by atoms with Crippen molar-refractivity contribution in [3.05, 3.63) is 34.9 Å². The Morgan fingerprint density at radius 3 is 2.19 bits per heavy atom. The molecule has 1 N–H and O–H groups in total. The largest absolute Gasteiger partial charge is 0.342 e. The Morgan fingerprint density at radius 1 is 1.00 bits per heavy atom. The molecule has 0 aromatic heterocycles. The van der Waals surface area contributed by atoms with Crippen LogP contribution >= 0.6 is 11.6 Å². The number of rotatable bonds is 6. The van der Waals surface area contributed by atoms with E-state index in [-0.39, 0.29) is 29.6 Å². The Kier molecular flexibility index (Phi) is 8.35. The fourth-order valence-electron chi connectivity index (χ4n) is 4.42. The number of nitrogens with zero attached hydrogens (tertiary/aromatic N) is 2. The van der Waals surface area contributed by atoms with Crippen LogP contribution in [0.15, 0.2) is 24.3 Å². The van der Waals surface area contributed by atoms with Crippen LogP contribution in [0.3, 0.4) is 0 Å². The lowest BCUT2D eigenvalue weighted by atomic mass is 9.92. The van der Waals surface area contributed by atoms with E-state index in [0.717, 1.165) is 32.4 Å². The summed E-state index contributed by atoms with van der Waals surface area (Å²) >= 11 is 5.91. The number of carbonyl (C=O) groups excluding carboxylic acids is 3. The number of hydrogen-bond acceptors (Lipinski definition) is 3. The molecule has 2 unspecified atom stereocenters. The molecule has 7 heteroatoms. The lowest BCUT2D eigenvalue weighted by Gasteiger charge is -2.37. The summed E-state index contributed by atoms with van der Waals surface area (Å²) in [5.41, 5.74) is 0.483. The molecule has 3 rings (SSSR count). The third-order valence-electron chi connectivity index (χ3n) is 6.70. The zero-order valence-corrected chi connectivity index (χ0v) is 19.4. The van der Waals surface area contributed by atoms with E-state index in [9.17, 15) is 14.4 Å². The van der Waals surface area contributed by atoms with Crippen LogP contribution in [-0.4, -0.2) is 59.7 Å². The second-order valence-electron chi connectivity index (χ2n) is 8.83. The van der Waals surface area contributed by atoms with Gasteiger partial charge in [-0.25, -0.2) is 0 Å². The summed E-state index contributed by atoms with van der Waals surface area (Å²) in [6, 6.07) is 6.07. The SMILES string of the molecule is CCC(C)C(NC(=O)c1ccc(Cl)cc1)C(=O)N1CCC(C(=O)N2CCCCC2)CC1. The lowest BCUT2D eigenvalue weighted by molar-refractivity contribution is -0.142. The molecule has 2 aliphatic heterocycles. The Morgan fingerprint density at radius 2 is 1.61 bits per heavy atom. The minimum absolute atomic E-state index is 0.00728. The van der Waals surface area contributed by atoms with Crippen molar-refractivity contribution in [3.8, 4) is 0 Å². The van der Waals surface area contributed by atoms with E-state index in [1.165, 1.54) is 6.42 Å². The van der Waals surface area contributed by atoms with Crippen LogP contribution in [0.1, 0.15) is 62.7 Å². The minimum atomic E-state index is -0.581. The van der Waals surface area contributed by atoms with E-state index in [0.29, 0.717) is 36.5 Å². The summed E-state index contributed by atoms with van der Waals surface area (Å²) in [6.45, 7) is 6.86. The van der Waals surface area contributed by atoms with Gasteiger partial charge in [-0.1, -0.05) is 31.9 Å². The van der Waals surface area contributed by atoms with E-state index in [1.54, 1.807) is 24.3 Å². The summed E-state index contributed by atoms with van der Waals surface area (Å²) in [6.07, 6.45) is 5.55. The maximum Gasteiger partial charge on any atom is 0.251 e. The van der Waals surface area contributed by atoms with Gasteiger partial charge >= 0.3 is 0 Å². The minimum Gasteiger partial charge on any atom is -0.342 e. The second-order valence-corrected chi connectivity index (χ2v) is 9.27. The second kappa shape index (κ2) is 11.0. The standard InChI is InChI=1S/C24H34ClN3O3/c1-3-17(2)21(26-22(29)18-7-9-20(25)10-8-18)24(31)28-15-11-19(12-16-28)23(30)27-13-5-4-6-14-27/h7-10,17,19,21H,3-6,11-16H2,1-2H3,(H,26,29). The zero-order chi connectivity index (χ0) is 22.4. The number of hydrogen-bond donors (Lipinski definition) is 1. The summed E-state index contributed by atoms with van der Waals surface area (Å²) in [5, 5.41) is 3.50. The topological polar surface area (TPSA) is 69.7 Å². The summed E-state index contributed by atoms with van der Waals surface area (Å²) in [5.74, 6) is -0.0587. The fraction of sp³-hybridized carbons (Fsp3) is 0.625. The Hall–Kier alpha value is -2.08. The van der Waals surface area contributed by atoms with Gasteiger partial charge in [0.2, 0.25) is 11.8 Å². The van der Waals surface area contributed by atoms with Crippen LogP contribution < -0.4 is 5.32 Å². The summed E-state index contributed by atoms with van der Waals surface area (Å²) in [7, 11) is 0. The average Bonchev–Trinajstić information content (AvgIpc) is 2.82. The first-order chi connectivity index (χ1) is 14.9. The molecule has 2 atom stereocenters. The van der Waals surface area contributed by atoms with Crippen LogP contribution in [0.4, 0.5) is 0 Å². The van der Waals surface area contributed by atoms with Gasteiger partial charge in [-0.15, -0.1) is 0 Å². The highest BCUT2D eigenvalue weighted by molar-refractivity contribution is 6.30. The quantitative estimate of drug-likeness (QED) is 0.722. The van der Waals surface area contributed by atoms with Gasteiger partial charge in [0, 0.05) is 42.7 Å². The molecule has 1 aromatic carbocycles. The highest BCUT2D eigenvalue weighted by atomic mass is 35.5. The molecule has 31 heavy (non-hydrogen) atoms. The normalized spacial score (nSPS) is 19.6. The van der Waals surface area contributed by atoms with Crippen molar-refractivity contribution >= 4 is 29.3 Å². The highest BCUT2D eigenvalue weighted by Gasteiger charge is 2.35. The first-order valence-electron chi connectivity index (χ1n) is 11.5. The lowest BCUT2D eigenvalue weighted by Crippen LogP contribution is -2.54. The van der Waals surface area contributed by atoms with Gasteiger partial charge in [0.25, 0.3) is 5.91 Å². The fourth-order valence-corrected chi connectivity index (χ4v) is 4.55. The molecule has 2 aliphatic rings. The molecule has 2 saturated heterocycles. The molecule has 1 aromatic rings. The number of amides is 3. The van der Waals surface area contributed by atoms with Crippen LogP contribution in [-0.2, 0) is 9.59 Å². The zero-order valence-electron chi connectivity index (χ0n) is 18.6. The highest BCUT2D eigenvalue weighted by Crippen LogP contribution is 2.23. The van der Waals surface area contributed by atoms with Crippen LogP contribution in [0.25, 0.3) is 0 Å². The van der Waals surface area contributed by atoms with Crippen molar-refractivity contribution in [1.29, 1.82) is 0 Å². The first-order valence-corrected chi connectivity index (χ1v) is 11.9. The van der Waals surface area contributed by atoms with E-state index in [4.69, 9.17) is 11.6 Å². The van der Waals surface area contributed by atoms with Crippen molar-refractivity contribution < 1.29 is 14.4 Å². The number of carbonyl (C=O) groups is 3. The Balaban J connectivity index is 1.59. The van der Waals surface area contributed by atoms with Crippen LogP contribution in [0.2, 0.25) is 5.02 Å². The Bertz CT molecular complexity index is 769. The molecule has 2 heterocycles. The molecule has 0 radical (unpaired) electrons. The van der Waals surface area contributed by atoms with Crippen LogP contribution in [0.5, 0.6) is 0 Å². The molecule has 0 bridgehead atoms. The van der Waals surface area contributed by atoms with Gasteiger partial charge in [0.1, 0.15) is 6.04 Å². The predicted octanol–water partition coefficient (Wildman–Crippen LogP) is 3.74. The number of nitrogens with one attached hydrogen (secondary N) is 1. The predicted molar refractivity (Wildman–Crippen MR) is 122 cm³/mol. The molecule has 2 fully saturated rings. The van der Waals surface area contributed by atoms with Gasteiger partial charge in [-0.3, -0.25) is 14.4 Å². The molecule has 0 aliphatic carbocycles. The van der Waals surface area contributed by atoms with Crippen molar-refractivity contribution in [2.24, 2.45) is 11.8 Å². The molecule has 6 nitrogen and oxygen atoms in total. The van der Waals surface area contributed by atoms with E-state index in [2.05, 4.69) is 5.32 Å². The van der Waals surface area contributed by atoms with Gasteiger partial charge in [-0.05, 0) is 62.3 Å². The molecule has 0 saturated carbocycles. The maximum absolute atomic E-state index is 13.3. The van der Waals surface area contributed by atoms with Gasteiger partial charge in [0.05, 0.1) is 0 Å². The molecule has 170 valence electrons. The van der Waals surface area contributed by atoms with Gasteiger partial charge in [0.15, 0.2) is 0 Å². The van der Waals surface area contributed by atoms with E-state index in [1.807, 2.05) is 23.6 Å². The molecular weight excluding hydrogens is 414 g/mol.